The highest BCUT2D eigenvalue weighted by molar-refractivity contribution is 5.23. The first-order chi connectivity index (χ1) is 6.09. The van der Waals surface area contributed by atoms with Crippen molar-refractivity contribution in [3.63, 3.8) is 0 Å². The second kappa shape index (κ2) is 4.38. The molecule has 0 fully saturated rings. The van der Waals surface area contributed by atoms with Gasteiger partial charge in [0, 0.05) is 0 Å². The van der Waals surface area contributed by atoms with Gasteiger partial charge in [-0.25, -0.2) is 4.39 Å². The molecular formula is C11H15FO. The third-order valence-corrected chi connectivity index (χ3v) is 2.09. The lowest BCUT2D eigenvalue weighted by molar-refractivity contribution is 0.185. The molecule has 1 rings (SSSR count). The van der Waals surface area contributed by atoms with E-state index in [1.165, 1.54) is 6.07 Å². The molecule has 2 heteroatoms. The second-order valence-electron chi connectivity index (χ2n) is 3.47. The molecule has 0 aliphatic heterocycles. The maximum Gasteiger partial charge on any atom is 0.126 e. The van der Waals surface area contributed by atoms with E-state index in [0.717, 1.165) is 12.0 Å². The van der Waals surface area contributed by atoms with E-state index in [4.69, 9.17) is 5.11 Å². The van der Waals surface area contributed by atoms with Crippen molar-refractivity contribution >= 4 is 0 Å². The van der Waals surface area contributed by atoms with Crippen molar-refractivity contribution in [3.8, 4) is 0 Å². The lowest BCUT2D eigenvalue weighted by atomic mass is 10.1. The third kappa shape index (κ3) is 3.15. The summed E-state index contributed by atoms with van der Waals surface area (Å²) in [5, 5.41) is 9.04. The van der Waals surface area contributed by atoms with Gasteiger partial charge in [0.2, 0.25) is 0 Å². The first kappa shape index (κ1) is 10.2. The lowest BCUT2D eigenvalue weighted by Gasteiger charge is -2.05. The Bertz CT molecular complexity index is 281. The van der Waals surface area contributed by atoms with Crippen LogP contribution in [0.1, 0.15) is 24.5 Å². The molecule has 0 heterocycles. The van der Waals surface area contributed by atoms with Gasteiger partial charge < -0.3 is 5.11 Å². The zero-order chi connectivity index (χ0) is 9.84. The predicted molar refractivity (Wildman–Crippen MR) is 51.1 cm³/mol. The monoisotopic (exact) mass is 182 g/mol. The van der Waals surface area contributed by atoms with E-state index in [1.807, 2.05) is 6.07 Å². The molecule has 0 saturated carbocycles. The quantitative estimate of drug-likeness (QED) is 0.761. The minimum Gasteiger partial charge on any atom is -0.393 e. The van der Waals surface area contributed by atoms with Crippen LogP contribution >= 0.6 is 0 Å². The number of hydrogen-bond donors (Lipinski definition) is 1. The second-order valence-corrected chi connectivity index (χ2v) is 3.47. The largest absolute Gasteiger partial charge is 0.393 e. The van der Waals surface area contributed by atoms with Gasteiger partial charge in [0.25, 0.3) is 0 Å². The highest BCUT2D eigenvalue weighted by Crippen LogP contribution is 2.11. The summed E-state index contributed by atoms with van der Waals surface area (Å²) in [6, 6.07) is 5.21. The van der Waals surface area contributed by atoms with Crippen molar-refractivity contribution in [1.82, 2.24) is 0 Å². The van der Waals surface area contributed by atoms with Gasteiger partial charge in [0.15, 0.2) is 0 Å². The van der Waals surface area contributed by atoms with Gasteiger partial charge in [-0.3, -0.25) is 0 Å². The van der Waals surface area contributed by atoms with Crippen molar-refractivity contribution in [2.24, 2.45) is 0 Å². The molecule has 1 N–H and O–H groups in total. The zero-order valence-electron chi connectivity index (χ0n) is 8.05. The first-order valence-corrected chi connectivity index (χ1v) is 4.52. The summed E-state index contributed by atoms with van der Waals surface area (Å²) in [5.41, 5.74) is 1.62. The van der Waals surface area contributed by atoms with Crippen LogP contribution in [0.5, 0.6) is 0 Å². The lowest BCUT2D eigenvalue weighted by Crippen LogP contribution is -2.01. The minimum absolute atomic E-state index is 0.164. The van der Waals surface area contributed by atoms with Crippen molar-refractivity contribution in [2.45, 2.75) is 32.8 Å². The van der Waals surface area contributed by atoms with Crippen molar-refractivity contribution in [3.05, 3.63) is 35.1 Å². The molecule has 1 aromatic rings. The average molecular weight is 182 g/mol. The highest BCUT2D eigenvalue weighted by Gasteiger charge is 2.01. The van der Waals surface area contributed by atoms with Gasteiger partial charge in [0.1, 0.15) is 5.82 Å². The summed E-state index contributed by atoms with van der Waals surface area (Å²) in [7, 11) is 0. The van der Waals surface area contributed by atoms with Crippen LogP contribution in [0.25, 0.3) is 0 Å². The van der Waals surface area contributed by atoms with E-state index in [2.05, 4.69) is 0 Å². The highest BCUT2D eigenvalue weighted by atomic mass is 19.1. The molecule has 0 aliphatic rings. The molecule has 1 aromatic carbocycles. The smallest absolute Gasteiger partial charge is 0.126 e. The van der Waals surface area contributed by atoms with E-state index >= 15 is 0 Å². The molecule has 0 bridgehead atoms. The molecule has 1 nitrogen and oxygen atoms in total. The third-order valence-electron chi connectivity index (χ3n) is 2.09. The van der Waals surface area contributed by atoms with Crippen LogP contribution in [0.3, 0.4) is 0 Å². The number of aliphatic hydroxyl groups excluding tert-OH is 1. The summed E-state index contributed by atoms with van der Waals surface area (Å²) in [6.45, 7) is 3.48. The number of benzene rings is 1. The minimum atomic E-state index is -0.315. The van der Waals surface area contributed by atoms with Gasteiger partial charge in [-0.2, -0.15) is 0 Å². The predicted octanol–water partition coefficient (Wildman–Crippen LogP) is 2.45. The number of hydrogen-bond acceptors (Lipinski definition) is 1. The summed E-state index contributed by atoms with van der Waals surface area (Å²) in [4.78, 5) is 0. The molecular weight excluding hydrogens is 167 g/mol. The van der Waals surface area contributed by atoms with Crippen LogP contribution in [0.15, 0.2) is 18.2 Å². The van der Waals surface area contributed by atoms with Crippen LogP contribution < -0.4 is 0 Å². The summed E-state index contributed by atoms with van der Waals surface area (Å²) in [6.07, 6.45) is 1.10. The number of aliphatic hydroxyl groups is 1. The molecule has 13 heavy (non-hydrogen) atoms. The van der Waals surface area contributed by atoms with Crippen molar-refractivity contribution < 1.29 is 9.50 Å². The van der Waals surface area contributed by atoms with Crippen LogP contribution in [0.4, 0.5) is 4.39 Å². The average Bonchev–Trinajstić information content (AvgIpc) is 2.07. The molecule has 0 saturated heterocycles. The molecule has 72 valence electrons. The van der Waals surface area contributed by atoms with Gasteiger partial charge in [0.05, 0.1) is 6.10 Å². The Hall–Kier alpha value is -0.890. The van der Waals surface area contributed by atoms with Crippen molar-refractivity contribution in [1.29, 1.82) is 0 Å². The molecule has 0 unspecified atom stereocenters. The first-order valence-electron chi connectivity index (χ1n) is 4.52. The fraction of sp³-hybridized carbons (Fsp3) is 0.455. The summed E-state index contributed by atoms with van der Waals surface area (Å²) < 4.78 is 13.0. The van der Waals surface area contributed by atoms with Crippen LogP contribution in [-0.2, 0) is 6.42 Å². The van der Waals surface area contributed by atoms with Gasteiger partial charge in [-0.1, -0.05) is 12.1 Å². The Morgan fingerprint density at radius 3 is 2.69 bits per heavy atom. The Balaban J connectivity index is 2.63. The Morgan fingerprint density at radius 2 is 2.15 bits per heavy atom. The Labute approximate surface area is 78.2 Å². The number of halogens is 1. The van der Waals surface area contributed by atoms with Gasteiger partial charge >= 0.3 is 0 Å². The SMILES string of the molecule is Cc1ccc(CC[C@H](C)O)cc1F. The Morgan fingerprint density at radius 1 is 1.46 bits per heavy atom. The van der Waals surface area contributed by atoms with Crippen LogP contribution in [-0.4, -0.2) is 11.2 Å². The van der Waals surface area contributed by atoms with E-state index in [9.17, 15) is 4.39 Å². The Kier molecular flexibility index (Phi) is 3.43. The molecule has 1 atom stereocenters. The molecule has 0 radical (unpaired) electrons. The van der Waals surface area contributed by atoms with Crippen molar-refractivity contribution in [2.75, 3.05) is 0 Å². The zero-order valence-corrected chi connectivity index (χ0v) is 8.05. The fourth-order valence-corrected chi connectivity index (χ4v) is 1.17. The van der Waals surface area contributed by atoms with E-state index in [-0.39, 0.29) is 11.9 Å². The fourth-order valence-electron chi connectivity index (χ4n) is 1.17. The van der Waals surface area contributed by atoms with Crippen LogP contribution in [0, 0.1) is 12.7 Å². The van der Waals surface area contributed by atoms with E-state index in [0.29, 0.717) is 12.0 Å². The topological polar surface area (TPSA) is 20.2 Å². The number of aryl methyl sites for hydroxylation is 2. The van der Waals surface area contributed by atoms with Gasteiger partial charge in [-0.05, 0) is 43.9 Å². The van der Waals surface area contributed by atoms with E-state index < -0.39 is 0 Å². The van der Waals surface area contributed by atoms with Gasteiger partial charge in [-0.15, -0.1) is 0 Å². The summed E-state index contributed by atoms with van der Waals surface area (Å²) in [5.74, 6) is -0.164. The number of rotatable bonds is 3. The summed E-state index contributed by atoms with van der Waals surface area (Å²) >= 11 is 0. The van der Waals surface area contributed by atoms with E-state index in [1.54, 1.807) is 19.9 Å². The van der Waals surface area contributed by atoms with Crippen LogP contribution in [0.2, 0.25) is 0 Å². The maximum atomic E-state index is 13.0. The maximum absolute atomic E-state index is 13.0. The molecule has 0 aliphatic carbocycles. The molecule has 0 amide bonds. The molecule has 0 spiro atoms. The molecule has 0 aromatic heterocycles. The standard InChI is InChI=1S/C11H15FO/c1-8-3-5-10(7-11(8)12)6-4-9(2)13/h3,5,7,9,13H,4,6H2,1-2H3/t9-/m0/s1. The normalized spacial score (nSPS) is 12.9.